The molecule has 19 heavy (non-hydrogen) atoms. The van der Waals surface area contributed by atoms with Crippen LogP contribution in [0.5, 0.6) is 0 Å². The second-order valence-corrected chi connectivity index (χ2v) is 3.99. The first kappa shape index (κ1) is 15.4. The van der Waals surface area contributed by atoms with Crippen molar-refractivity contribution in [2.75, 3.05) is 5.75 Å². The molecule has 104 valence electrons. The van der Waals surface area contributed by atoms with Gasteiger partial charge in [-0.3, -0.25) is 4.79 Å². The molecule has 1 aromatic rings. The van der Waals surface area contributed by atoms with Crippen molar-refractivity contribution in [2.24, 2.45) is 0 Å². The maximum Gasteiger partial charge on any atom is 0.416 e. The summed E-state index contributed by atoms with van der Waals surface area (Å²) in [5, 5.41) is 10.9. The average molecular weight is 293 g/mol. The number of rotatable bonds is 4. The number of carboxylic acids is 1. The van der Waals surface area contributed by atoms with E-state index in [0.29, 0.717) is 0 Å². The third-order valence-electron chi connectivity index (χ3n) is 2.26. The second kappa shape index (κ2) is 5.96. The molecule has 8 heteroatoms. The van der Waals surface area contributed by atoms with Crippen LogP contribution < -0.4 is 5.32 Å². The number of carboxylic acid groups (broad SMARTS) is 1. The number of nitrogens with one attached hydrogen (secondary N) is 1. The van der Waals surface area contributed by atoms with Gasteiger partial charge < -0.3 is 10.4 Å². The van der Waals surface area contributed by atoms with Gasteiger partial charge in [-0.05, 0) is 24.3 Å². The van der Waals surface area contributed by atoms with Gasteiger partial charge in [0.2, 0.25) is 0 Å². The zero-order valence-electron chi connectivity index (χ0n) is 9.44. The van der Waals surface area contributed by atoms with Crippen LogP contribution in [-0.2, 0) is 11.0 Å². The van der Waals surface area contributed by atoms with Crippen molar-refractivity contribution in [1.82, 2.24) is 5.32 Å². The molecule has 0 saturated heterocycles. The highest BCUT2D eigenvalue weighted by molar-refractivity contribution is 7.80. The number of benzene rings is 1. The third kappa shape index (κ3) is 4.16. The van der Waals surface area contributed by atoms with Gasteiger partial charge in [-0.25, -0.2) is 4.79 Å². The Hall–Kier alpha value is -1.70. The van der Waals surface area contributed by atoms with Crippen LogP contribution >= 0.6 is 12.6 Å². The van der Waals surface area contributed by atoms with Crippen LogP contribution in [0.2, 0.25) is 0 Å². The summed E-state index contributed by atoms with van der Waals surface area (Å²) in [6.07, 6.45) is -4.48. The molecular weight excluding hydrogens is 283 g/mol. The number of amides is 1. The average Bonchev–Trinajstić information content (AvgIpc) is 2.34. The van der Waals surface area contributed by atoms with Crippen molar-refractivity contribution >= 4 is 24.5 Å². The number of alkyl halides is 3. The molecule has 0 aliphatic carbocycles. The van der Waals surface area contributed by atoms with Crippen molar-refractivity contribution in [3.63, 3.8) is 0 Å². The Kier molecular flexibility index (Phi) is 4.82. The van der Waals surface area contributed by atoms with Gasteiger partial charge in [-0.1, -0.05) is 0 Å². The van der Waals surface area contributed by atoms with Gasteiger partial charge in [0, 0.05) is 11.3 Å². The van der Waals surface area contributed by atoms with E-state index in [1.54, 1.807) is 0 Å². The maximum absolute atomic E-state index is 12.3. The number of hydrogen-bond acceptors (Lipinski definition) is 3. The van der Waals surface area contributed by atoms with Gasteiger partial charge in [-0.15, -0.1) is 0 Å². The Morgan fingerprint density at radius 2 is 1.79 bits per heavy atom. The number of carbonyl (C=O) groups excluding carboxylic acids is 1. The van der Waals surface area contributed by atoms with Gasteiger partial charge in [0.15, 0.2) is 0 Å². The summed E-state index contributed by atoms with van der Waals surface area (Å²) in [5.41, 5.74) is -0.936. The van der Waals surface area contributed by atoms with E-state index < -0.39 is 29.7 Å². The molecule has 0 aliphatic heterocycles. The Bertz CT molecular complexity index is 473. The fourth-order valence-corrected chi connectivity index (χ4v) is 1.49. The maximum atomic E-state index is 12.3. The van der Waals surface area contributed by atoms with Crippen LogP contribution in [0.15, 0.2) is 24.3 Å². The fourth-order valence-electron chi connectivity index (χ4n) is 1.24. The van der Waals surface area contributed by atoms with Crippen LogP contribution in [-0.4, -0.2) is 28.8 Å². The van der Waals surface area contributed by atoms with Crippen molar-refractivity contribution in [2.45, 2.75) is 12.2 Å². The molecule has 4 nitrogen and oxygen atoms in total. The van der Waals surface area contributed by atoms with Crippen LogP contribution in [0.25, 0.3) is 0 Å². The quantitative estimate of drug-likeness (QED) is 0.742. The topological polar surface area (TPSA) is 66.4 Å². The van der Waals surface area contributed by atoms with E-state index in [9.17, 15) is 22.8 Å². The smallest absolute Gasteiger partial charge is 0.416 e. The summed E-state index contributed by atoms with van der Waals surface area (Å²) >= 11 is 3.75. The normalized spacial score (nSPS) is 12.8. The first-order chi connectivity index (χ1) is 8.75. The minimum absolute atomic E-state index is 0.0546. The Balaban J connectivity index is 2.81. The molecule has 1 unspecified atom stereocenters. The highest BCUT2D eigenvalue weighted by Crippen LogP contribution is 2.29. The van der Waals surface area contributed by atoms with E-state index in [0.717, 1.165) is 24.3 Å². The van der Waals surface area contributed by atoms with Crippen molar-refractivity contribution < 1.29 is 27.9 Å². The van der Waals surface area contributed by atoms with Gasteiger partial charge in [0.1, 0.15) is 6.04 Å². The highest BCUT2D eigenvalue weighted by atomic mass is 32.1. The number of carbonyl (C=O) groups is 2. The molecule has 0 saturated carbocycles. The number of aliphatic carboxylic acids is 1. The fraction of sp³-hybridized carbons (Fsp3) is 0.273. The number of halogens is 3. The SMILES string of the molecule is O=C(NC(CS)C(=O)O)c1ccc(C(F)(F)F)cc1. The zero-order valence-corrected chi connectivity index (χ0v) is 10.3. The lowest BCUT2D eigenvalue weighted by Gasteiger charge is -2.12. The summed E-state index contributed by atoms with van der Waals surface area (Å²) in [6.45, 7) is 0. The standard InChI is InChI=1S/C11H10F3NO3S/c12-11(13,14)7-3-1-6(2-4-7)9(16)15-8(5-19)10(17)18/h1-4,8,19H,5H2,(H,15,16)(H,17,18). The minimum Gasteiger partial charge on any atom is -0.480 e. The predicted molar refractivity (Wildman–Crippen MR) is 64.2 cm³/mol. The molecule has 0 fully saturated rings. The summed E-state index contributed by atoms with van der Waals surface area (Å²) in [4.78, 5) is 22.3. The van der Waals surface area contributed by atoms with Gasteiger partial charge in [-0.2, -0.15) is 25.8 Å². The first-order valence-corrected chi connectivity index (χ1v) is 5.70. The number of hydrogen-bond donors (Lipinski definition) is 3. The molecule has 1 aromatic carbocycles. The largest absolute Gasteiger partial charge is 0.480 e. The van der Waals surface area contributed by atoms with E-state index in [1.807, 2.05) is 0 Å². The van der Waals surface area contributed by atoms with Gasteiger partial charge in [0.25, 0.3) is 5.91 Å². The van der Waals surface area contributed by atoms with E-state index in [4.69, 9.17) is 5.11 Å². The minimum atomic E-state index is -4.48. The van der Waals surface area contributed by atoms with E-state index in [1.165, 1.54) is 0 Å². The van der Waals surface area contributed by atoms with Crippen molar-refractivity contribution in [1.29, 1.82) is 0 Å². The lowest BCUT2D eigenvalue weighted by molar-refractivity contribution is -0.139. The predicted octanol–water partition coefficient (Wildman–Crippen LogP) is 1.82. The number of thiol groups is 1. The molecule has 1 atom stereocenters. The molecule has 0 radical (unpaired) electrons. The lowest BCUT2D eigenvalue weighted by Crippen LogP contribution is -2.42. The Morgan fingerprint density at radius 3 is 2.16 bits per heavy atom. The molecule has 0 aromatic heterocycles. The monoisotopic (exact) mass is 293 g/mol. The summed E-state index contributed by atoms with van der Waals surface area (Å²) in [6, 6.07) is 2.28. The molecular formula is C11H10F3NO3S. The highest BCUT2D eigenvalue weighted by Gasteiger charge is 2.30. The molecule has 0 heterocycles. The van der Waals surface area contributed by atoms with Crippen LogP contribution in [0.3, 0.4) is 0 Å². The van der Waals surface area contributed by atoms with Crippen LogP contribution in [0.1, 0.15) is 15.9 Å². The molecule has 1 rings (SSSR count). The van der Waals surface area contributed by atoms with Crippen molar-refractivity contribution in [3.8, 4) is 0 Å². The second-order valence-electron chi connectivity index (χ2n) is 3.62. The van der Waals surface area contributed by atoms with E-state index in [-0.39, 0.29) is 11.3 Å². The Labute approximate surface area is 112 Å². The molecule has 2 N–H and O–H groups in total. The third-order valence-corrected chi connectivity index (χ3v) is 2.63. The molecule has 0 aliphatic rings. The van der Waals surface area contributed by atoms with Crippen LogP contribution in [0, 0.1) is 0 Å². The summed E-state index contributed by atoms with van der Waals surface area (Å²) in [5.74, 6) is -2.16. The first-order valence-electron chi connectivity index (χ1n) is 5.07. The molecule has 1 amide bonds. The molecule has 0 spiro atoms. The van der Waals surface area contributed by atoms with E-state index >= 15 is 0 Å². The molecule has 0 bridgehead atoms. The Morgan fingerprint density at radius 1 is 1.26 bits per heavy atom. The summed E-state index contributed by atoms with van der Waals surface area (Å²) < 4.78 is 36.9. The lowest BCUT2D eigenvalue weighted by atomic mass is 10.1. The van der Waals surface area contributed by atoms with Crippen LogP contribution in [0.4, 0.5) is 13.2 Å². The summed E-state index contributed by atoms with van der Waals surface area (Å²) in [7, 11) is 0. The zero-order chi connectivity index (χ0) is 14.6. The van der Waals surface area contributed by atoms with Crippen molar-refractivity contribution in [3.05, 3.63) is 35.4 Å². The van der Waals surface area contributed by atoms with E-state index in [2.05, 4.69) is 17.9 Å². The van der Waals surface area contributed by atoms with Gasteiger partial charge in [0.05, 0.1) is 5.56 Å². The van der Waals surface area contributed by atoms with Gasteiger partial charge >= 0.3 is 12.1 Å².